The minimum atomic E-state index is 0.366. The van der Waals surface area contributed by atoms with Crippen LogP contribution >= 0.6 is 0 Å². The SMILES string of the molecule is CCCNC(CCc1cccc(O)c1)C(C)C. The summed E-state index contributed by atoms with van der Waals surface area (Å²) in [5.41, 5.74) is 1.22. The van der Waals surface area contributed by atoms with Crippen molar-refractivity contribution in [3.8, 4) is 5.75 Å². The summed E-state index contributed by atoms with van der Waals surface area (Å²) in [6, 6.07) is 8.14. The highest BCUT2D eigenvalue weighted by Crippen LogP contribution is 2.15. The molecule has 2 N–H and O–H groups in total. The van der Waals surface area contributed by atoms with Crippen LogP contribution in [-0.2, 0) is 6.42 Å². The minimum Gasteiger partial charge on any atom is -0.508 e. The molecule has 1 rings (SSSR count). The molecule has 17 heavy (non-hydrogen) atoms. The van der Waals surface area contributed by atoms with Crippen molar-refractivity contribution in [1.29, 1.82) is 0 Å². The van der Waals surface area contributed by atoms with Gasteiger partial charge in [0.15, 0.2) is 0 Å². The van der Waals surface area contributed by atoms with E-state index in [4.69, 9.17) is 0 Å². The van der Waals surface area contributed by atoms with Gasteiger partial charge in [-0.2, -0.15) is 0 Å². The van der Waals surface area contributed by atoms with Gasteiger partial charge in [0.1, 0.15) is 5.75 Å². The second-order valence-electron chi connectivity index (χ2n) is 5.01. The molecule has 1 aromatic rings. The maximum atomic E-state index is 9.41. The number of hydrogen-bond donors (Lipinski definition) is 2. The number of hydrogen-bond acceptors (Lipinski definition) is 2. The first-order valence-corrected chi connectivity index (χ1v) is 6.64. The van der Waals surface area contributed by atoms with E-state index >= 15 is 0 Å². The van der Waals surface area contributed by atoms with Crippen molar-refractivity contribution < 1.29 is 5.11 Å². The third-order valence-electron chi connectivity index (χ3n) is 3.12. The molecule has 0 amide bonds. The molecule has 0 saturated heterocycles. The van der Waals surface area contributed by atoms with Gasteiger partial charge in [-0.05, 0) is 49.4 Å². The van der Waals surface area contributed by atoms with Crippen LogP contribution in [0.1, 0.15) is 39.2 Å². The van der Waals surface area contributed by atoms with E-state index in [1.54, 1.807) is 6.07 Å². The van der Waals surface area contributed by atoms with Crippen LogP contribution in [0.15, 0.2) is 24.3 Å². The molecule has 96 valence electrons. The molecule has 1 aromatic carbocycles. The summed E-state index contributed by atoms with van der Waals surface area (Å²) >= 11 is 0. The van der Waals surface area contributed by atoms with Crippen LogP contribution in [0, 0.1) is 5.92 Å². The van der Waals surface area contributed by atoms with Crippen molar-refractivity contribution in [1.82, 2.24) is 5.32 Å². The summed E-state index contributed by atoms with van der Waals surface area (Å²) in [6.07, 6.45) is 3.32. The predicted octanol–water partition coefficient (Wildman–Crippen LogP) is 3.35. The quantitative estimate of drug-likeness (QED) is 0.759. The Balaban J connectivity index is 2.45. The van der Waals surface area contributed by atoms with Gasteiger partial charge in [-0.3, -0.25) is 0 Å². The van der Waals surface area contributed by atoms with Gasteiger partial charge in [0.2, 0.25) is 0 Å². The second kappa shape index (κ2) is 7.33. The van der Waals surface area contributed by atoms with E-state index in [0.29, 0.717) is 17.7 Å². The lowest BCUT2D eigenvalue weighted by Gasteiger charge is -2.22. The highest BCUT2D eigenvalue weighted by Gasteiger charge is 2.12. The normalized spacial score (nSPS) is 12.9. The summed E-state index contributed by atoms with van der Waals surface area (Å²) in [5.74, 6) is 1.02. The maximum absolute atomic E-state index is 9.41. The average molecular weight is 235 g/mol. The molecule has 0 aromatic heterocycles. The monoisotopic (exact) mass is 235 g/mol. The standard InChI is InChI=1S/C15H25NO/c1-4-10-16-15(12(2)3)9-8-13-6-5-7-14(17)11-13/h5-7,11-12,15-17H,4,8-10H2,1-3H3. The lowest BCUT2D eigenvalue weighted by Crippen LogP contribution is -2.34. The Bertz CT molecular complexity index is 322. The van der Waals surface area contributed by atoms with Crippen molar-refractivity contribution in [3.05, 3.63) is 29.8 Å². The van der Waals surface area contributed by atoms with Crippen LogP contribution in [0.4, 0.5) is 0 Å². The van der Waals surface area contributed by atoms with Crippen LogP contribution in [0.25, 0.3) is 0 Å². The van der Waals surface area contributed by atoms with Gasteiger partial charge in [-0.1, -0.05) is 32.9 Å². The zero-order valence-electron chi connectivity index (χ0n) is 11.2. The Morgan fingerprint density at radius 2 is 2.06 bits per heavy atom. The van der Waals surface area contributed by atoms with Gasteiger partial charge in [-0.15, -0.1) is 0 Å². The fraction of sp³-hybridized carbons (Fsp3) is 0.600. The molecule has 2 heteroatoms. The lowest BCUT2D eigenvalue weighted by molar-refractivity contribution is 0.378. The molecule has 0 heterocycles. The number of nitrogens with one attached hydrogen (secondary N) is 1. The first-order chi connectivity index (χ1) is 8.13. The van der Waals surface area contributed by atoms with Gasteiger partial charge in [0.25, 0.3) is 0 Å². The molecular weight excluding hydrogens is 210 g/mol. The van der Waals surface area contributed by atoms with E-state index in [1.807, 2.05) is 12.1 Å². The zero-order chi connectivity index (χ0) is 12.7. The summed E-state index contributed by atoms with van der Waals surface area (Å²) < 4.78 is 0. The third-order valence-corrected chi connectivity index (χ3v) is 3.12. The number of phenols is 1. The highest BCUT2D eigenvalue weighted by atomic mass is 16.3. The number of rotatable bonds is 7. The third kappa shape index (κ3) is 5.22. The first kappa shape index (κ1) is 14.0. The van der Waals surface area contributed by atoms with Gasteiger partial charge >= 0.3 is 0 Å². The van der Waals surface area contributed by atoms with Crippen LogP contribution < -0.4 is 5.32 Å². The summed E-state index contributed by atoms with van der Waals surface area (Å²) in [7, 11) is 0. The van der Waals surface area contributed by atoms with Gasteiger partial charge in [0.05, 0.1) is 0 Å². The van der Waals surface area contributed by atoms with Crippen LogP contribution in [0.5, 0.6) is 5.75 Å². The van der Waals surface area contributed by atoms with E-state index in [0.717, 1.165) is 19.4 Å². The summed E-state index contributed by atoms with van der Waals surface area (Å²) in [4.78, 5) is 0. The number of aryl methyl sites for hydroxylation is 1. The van der Waals surface area contributed by atoms with Gasteiger partial charge in [0, 0.05) is 6.04 Å². The molecule has 0 aliphatic rings. The minimum absolute atomic E-state index is 0.366. The smallest absolute Gasteiger partial charge is 0.115 e. The molecule has 0 saturated carbocycles. The maximum Gasteiger partial charge on any atom is 0.115 e. The topological polar surface area (TPSA) is 32.3 Å². The molecule has 0 aliphatic heterocycles. The average Bonchev–Trinajstić information content (AvgIpc) is 2.28. The predicted molar refractivity (Wildman–Crippen MR) is 73.3 cm³/mol. The molecule has 0 fully saturated rings. The molecule has 2 nitrogen and oxygen atoms in total. The van der Waals surface area contributed by atoms with E-state index in [9.17, 15) is 5.11 Å². The van der Waals surface area contributed by atoms with Crippen molar-refractivity contribution in [2.24, 2.45) is 5.92 Å². The number of aromatic hydroxyl groups is 1. The van der Waals surface area contributed by atoms with E-state index < -0.39 is 0 Å². The Kier molecular flexibility index (Phi) is 6.06. The van der Waals surface area contributed by atoms with Crippen molar-refractivity contribution >= 4 is 0 Å². The molecular formula is C15H25NO. The number of phenolic OH excluding ortho intramolecular Hbond substituents is 1. The molecule has 0 aliphatic carbocycles. The Morgan fingerprint density at radius 1 is 1.29 bits per heavy atom. The second-order valence-corrected chi connectivity index (χ2v) is 5.01. The van der Waals surface area contributed by atoms with E-state index in [2.05, 4.69) is 32.2 Å². The van der Waals surface area contributed by atoms with Crippen LogP contribution in [0.3, 0.4) is 0 Å². The highest BCUT2D eigenvalue weighted by molar-refractivity contribution is 5.27. The summed E-state index contributed by atoms with van der Waals surface area (Å²) in [5, 5.41) is 13.0. The van der Waals surface area contributed by atoms with E-state index in [-0.39, 0.29) is 0 Å². The van der Waals surface area contributed by atoms with Gasteiger partial charge < -0.3 is 10.4 Å². The van der Waals surface area contributed by atoms with Crippen molar-refractivity contribution in [2.75, 3.05) is 6.54 Å². The Labute approximate surface area is 105 Å². The Morgan fingerprint density at radius 3 is 2.65 bits per heavy atom. The van der Waals surface area contributed by atoms with Crippen molar-refractivity contribution in [2.45, 2.75) is 46.1 Å². The van der Waals surface area contributed by atoms with E-state index in [1.165, 1.54) is 12.0 Å². The Hall–Kier alpha value is -1.02. The molecule has 0 radical (unpaired) electrons. The zero-order valence-corrected chi connectivity index (χ0v) is 11.2. The molecule has 1 unspecified atom stereocenters. The molecule has 1 atom stereocenters. The fourth-order valence-electron chi connectivity index (χ4n) is 2.03. The largest absolute Gasteiger partial charge is 0.508 e. The molecule has 0 bridgehead atoms. The first-order valence-electron chi connectivity index (χ1n) is 6.64. The van der Waals surface area contributed by atoms with Crippen LogP contribution in [0.2, 0.25) is 0 Å². The van der Waals surface area contributed by atoms with Crippen molar-refractivity contribution in [3.63, 3.8) is 0 Å². The fourth-order valence-corrected chi connectivity index (χ4v) is 2.03. The van der Waals surface area contributed by atoms with Crippen LogP contribution in [-0.4, -0.2) is 17.7 Å². The summed E-state index contributed by atoms with van der Waals surface area (Å²) in [6.45, 7) is 7.80. The number of benzene rings is 1. The lowest BCUT2D eigenvalue weighted by atomic mass is 9.96. The van der Waals surface area contributed by atoms with Gasteiger partial charge in [-0.25, -0.2) is 0 Å². The molecule has 0 spiro atoms.